The number of hydrogen-bond acceptors (Lipinski definition) is 4. The lowest BCUT2D eigenvalue weighted by Crippen LogP contribution is -2.45. The van der Waals surface area contributed by atoms with Gasteiger partial charge in [-0.2, -0.15) is 0 Å². The summed E-state index contributed by atoms with van der Waals surface area (Å²) >= 11 is 0. The van der Waals surface area contributed by atoms with Crippen LogP contribution in [-0.2, 0) is 9.53 Å². The molecule has 0 aliphatic carbocycles. The van der Waals surface area contributed by atoms with Gasteiger partial charge in [-0.1, -0.05) is 0 Å². The standard InChI is InChI=1S/C11H23N3O2/c1-13-6-3-10(4-7-13)14(2)11(15)9-16-8-5-12/h10H,3-9,12H2,1-2H3. The first-order chi connectivity index (χ1) is 7.65. The van der Waals surface area contributed by atoms with Crippen molar-refractivity contribution in [2.24, 2.45) is 5.73 Å². The number of carbonyl (C=O) groups excluding carboxylic acids is 1. The Balaban J connectivity index is 2.27. The highest BCUT2D eigenvalue weighted by Gasteiger charge is 2.23. The van der Waals surface area contributed by atoms with Gasteiger partial charge >= 0.3 is 0 Å². The molecule has 0 aromatic carbocycles. The summed E-state index contributed by atoms with van der Waals surface area (Å²) in [5, 5.41) is 0. The third kappa shape index (κ3) is 4.08. The van der Waals surface area contributed by atoms with Crippen molar-refractivity contribution in [3.05, 3.63) is 0 Å². The molecule has 0 atom stereocenters. The second-order valence-electron chi connectivity index (χ2n) is 4.38. The Labute approximate surface area is 97.5 Å². The van der Waals surface area contributed by atoms with Crippen LogP contribution in [0.1, 0.15) is 12.8 Å². The highest BCUT2D eigenvalue weighted by molar-refractivity contribution is 5.77. The second kappa shape index (κ2) is 6.83. The SMILES string of the molecule is CN1CCC(N(C)C(=O)COCCN)CC1. The van der Waals surface area contributed by atoms with Crippen LogP contribution in [0.25, 0.3) is 0 Å². The fraction of sp³-hybridized carbons (Fsp3) is 0.909. The first kappa shape index (κ1) is 13.4. The third-order valence-corrected chi connectivity index (χ3v) is 3.12. The molecule has 1 fully saturated rings. The number of piperidine rings is 1. The number of likely N-dealkylation sites (tertiary alicyclic amines) is 1. The van der Waals surface area contributed by atoms with E-state index < -0.39 is 0 Å². The van der Waals surface area contributed by atoms with Crippen LogP contribution in [0.4, 0.5) is 0 Å². The molecule has 94 valence electrons. The van der Waals surface area contributed by atoms with E-state index in [0.717, 1.165) is 25.9 Å². The largest absolute Gasteiger partial charge is 0.370 e. The summed E-state index contributed by atoms with van der Waals surface area (Å²) in [7, 11) is 3.98. The average molecular weight is 229 g/mol. The monoisotopic (exact) mass is 229 g/mol. The maximum absolute atomic E-state index is 11.7. The molecule has 0 saturated carbocycles. The van der Waals surface area contributed by atoms with Gasteiger partial charge in [0.1, 0.15) is 6.61 Å². The van der Waals surface area contributed by atoms with Crippen molar-refractivity contribution in [1.82, 2.24) is 9.80 Å². The number of rotatable bonds is 5. The van der Waals surface area contributed by atoms with Gasteiger partial charge in [0.25, 0.3) is 0 Å². The molecule has 0 aromatic rings. The van der Waals surface area contributed by atoms with Gasteiger partial charge in [-0.25, -0.2) is 0 Å². The van der Waals surface area contributed by atoms with Gasteiger partial charge in [0.15, 0.2) is 0 Å². The molecule has 0 spiro atoms. The van der Waals surface area contributed by atoms with E-state index in [4.69, 9.17) is 10.5 Å². The molecule has 0 radical (unpaired) electrons. The highest BCUT2D eigenvalue weighted by Crippen LogP contribution is 2.14. The first-order valence-electron chi connectivity index (χ1n) is 5.87. The fourth-order valence-electron chi connectivity index (χ4n) is 1.93. The molecule has 1 aliphatic heterocycles. The summed E-state index contributed by atoms with van der Waals surface area (Å²) < 4.78 is 5.15. The topological polar surface area (TPSA) is 58.8 Å². The Morgan fingerprint density at radius 3 is 2.69 bits per heavy atom. The van der Waals surface area contributed by atoms with Crippen LogP contribution in [0.15, 0.2) is 0 Å². The quantitative estimate of drug-likeness (QED) is 0.647. The Bertz CT molecular complexity index is 215. The minimum Gasteiger partial charge on any atom is -0.370 e. The van der Waals surface area contributed by atoms with Crippen molar-refractivity contribution in [2.45, 2.75) is 18.9 Å². The van der Waals surface area contributed by atoms with Gasteiger partial charge in [-0.05, 0) is 33.0 Å². The molecule has 1 aliphatic rings. The zero-order valence-corrected chi connectivity index (χ0v) is 10.3. The molecule has 0 bridgehead atoms. The number of carbonyl (C=O) groups is 1. The van der Waals surface area contributed by atoms with E-state index in [1.807, 2.05) is 11.9 Å². The van der Waals surface area contributed by atoms with Crippen molar-refractivity contribution in [1.29, 1.82) is 0 Å². The van der Waals surface area contributed by atoms with E-state index in [1.54, 1.807) is 0 Å². The van der Waals surface area contributed by atoms with Crippen molar-refractivity contribution >= 4 is 5.91 Å². The minimum atomic E-state index is 0.0583. The van der Waals surface area contributed by atoms with E-state index in [1.165, 1.54) is 0 Å². The normalized spacial score (nSPS) is 18.7. The van der Waals surface area contributed by atoms with Crippen LogP contribution >= 0.6 is 0 Å². The molecule has 1 heterocycles. The van der Waals surface area contributed by atoms with Gasteiger partial charge in [0, 0.05) is 19.6 Å². The first-order valence-corrected chi connectivity index (χ1v) is 5.87. The van der Waals surface area contributed by atoms with Crippen LogP contribution < -0.4 is 5.73 Å². The maximum Gasteiger partial charge on any atom is 0.248 e. The Kier molecular flexibility index (Phi) is 5.73. The average Bonchev–Trinajstić information content (AvgIpc) is 2.29. The summed E-state index contributed by atoms with van der Waals surface area (Å²) in [5.41, 5.74) is 5.29. The number of hydrogen-bond donors (Lipinski definition) is 1. The lowest BCUT2D eigenvalue weighted by molar-refractivity contribution is -0.137. The maximum atomic E-state index is 11.7. The molecular weight excluding hydrogens is 206 g/mol. The predicted octanol–water partition coefficient (Wildman–Crippen LogP) is -0.486. The van der Waals surface area contributed by atoms with Crippen LogP contribution in [0.2, 0.25) is 0 Å². The Morgan fingerprint density at radius 2 is 2.12 bits per heavy atom. The van der Waals surface area contributed by atoms with Crippen molar-refractivity contribution in [2.75, 3.05) is 46.9 Å². The third-order valence-electron chi connectivity index (χ3n) is 3.12. The van der Waals surface area contributed by atoms with Crippen LogP contribution in [0.5, 0.6) is 0 Å². The molecular formula is C11H23N3O2. The summed E-state index contributed by atoms with van der Waals surface area (Å²) in [6, 6.07) is 0.366. The molecule has 1 saturated heterocycles. The molecule has 0 unspecified atom stereocenters. The number of amides is 1. The van der Waals surface area contributed by atoms with Gasteiger partial charge < -0.3 is 20.3 Å². The summed E-state index contributed by atoms with van der Waals surface area (Å²) in [6.07, 6.45) is 2.10. The number of nitrogens with zero attached hydrogens (tertiary/aromatic N) is 2. The molecule has 1 rings (SSSR count). The molecule has 5 heteroatoms. The van der Waals surface area contributed by atoms with Crippen LogP contribution in [-0.4, -0.2) is 68.7 Å². The second-order valence-corrected chi connectivity index (χ2v) is 4.38. The van der Waals surface area contributed by atoms with Crippen molar-refractivity contribution < 1.29 is 9.53 Å². The smallest absolute Gasteiger partial charge is 0.248 e. The molecule has 5 nitrogen and oxygen atoms in total. The van der Waals surface area contributed by atoms with Crippen LogP contribution in [0, 0.1) is 0 Å². The zero-order chi connectivity index (χ0) is 12.0. The van der Waals surface area contributed by atoms with Gasteiger partial charge in [-0.15, -0.1) is 0 Å². The summed E-state index contributed by atoms with van der Waals surface area (Å²) in [4.78, 5) is 15.9. The fourth-order valence-corrected chi connectivity index (χ4v) is 1.93. The van der Waals surface area contributed by atoms with Crippen LogP contribution in [0.3, 0.4) is 0 Å². The molecule has 2 N–H and O–H groups in total. The van der Waals surface area contributed by atoms with E-state index >= 15 is 0 Å². The lowest BCUT2D eigenvalue weighted by Gasteiger charge is -2.35. The number of likely N-dealkylation sites (N-methyl/N-ethyl adjacent to an activating group) is 1. The van der Waals surface area contributed by atoms with Gasteiger partial charge in [-0.3, -0.25) is 4.79 Å². The van der Waals surface area contributed by atoms with E-state index in [2.05, 4.69) is 11.9 Å². The lowest BCUT2D eigenvalue weighted by atomic mass is 10.0. The van der Waals surface area contributed by atoms with E-state index in [0.29, 0.717) is 19.2 Å². The van der Waals surface area contributed by atoms with E-state index in [-0.39, 0.29) is 12.5 Å². The summed E-state index contributed by atoms with van der Waals surface area (Å²) in [6.45, 7) is 3.19. The zero-order valence-electron chi connectivity index (χ0n) is 10.3. The Hall–Kier alpha value is -0.650. The number of ether oxygens (including phenoxy) is 1. The molecule has 0 aromatic heterocycles. The van der Waals surface area contributed by atoms with Gasteiger partial charge in [0.05, 0.1) is 6.61 Å². The number of nitrogens with two attached hydrogens (primary N) is 1. The minimum absolute atomic E-state index is 0.0583. The predicted molar refractivity (Wildman–Crippen MR) is 63.2 cm³/mol. The molecule has 16 heavy (non-hydrogen) atoms. The van der Waals surface area contributed by atoms with Gasteiger partial charge in [0.2, 0.25) is 5.91 Å². The van der Waals surface area contributed by atoms with Crippen molar-refractivity contribution in [3.8, 4) is 0 Å². The van der Waals surface area contributed by atoms with Crippen molar-refractivity contribution in [3.63, 3.8) is 0 Å². The molecule has 1 amide bonds. The van der Waals surface area contributed by atoms with E-state index in [9.17, 15) is 4.79 Å². The Morgan fingerprint density at radius 1 is 1.50 bits per heavy atom. The summed E-state index contributed by atoms with van der Waals surface area (Å²) in [5.74, 6) is 0.0583. The highest BCUT2D eigenvalue weighted by atomic mass is 16.5.